The lowest BCUT2D eigenvalue weighted by atomic mass is 10.0. The Labute approximate surface area is 174 Å². The highest BCUT2D eigenvalue weighted by Gasteiger charge is 2.31. The molecule has 3 rings (SSSR count). The van der Waals surface area contributed by atoms with E-state index in [2.05, 4.69) is 4.72 Å². The van der Waals surface area contributed by atoms with Crippen molar-refractivity contribution in [2.45, 2.75) is 24.4 Å². The highest BCUT2D eigenvalue weighted by molar-refractivity contribution is 8.00. The molecule has 3 aromatic carbocycles. The predicted octanol–water partition coefficient (Wildman–Crippen LogP) is 6.89. The van der Waals surface area contributed by atoms with Crippen LogP contribution in [-0.2, 0) is 12.6 Å². The first-order valence-electron chi connectivity index (χ1n) is 8.95. The standard InChI is InChI=1S/C22H17F4NO2S/c1-2-13-6-7-15(21(28)29)11-20(13)30-27-19-12-16(22(24,25)26)8-9-18(19)14-4-3-5-17(23)10-14/h3-12,27H,2H2,1H3,(H,28,29). The number of alkyl halides is 3. The van der Waals surface area contributed by atoms with Crippen LogP contribution in [0.4, 0.5) is 23.2 Å². The van der Waals surface area contributed by atoms with Gasteiger partial charge in [-0.3, -0.25) is 0 Å². The fourth-order valence-corrected chi connectivity index (χ4v) is 3.82. The number of rotatable bonds is 6. The molecule has 0 fully saturated rings. The maximum atomic E-state index is 13.7. The Kier molecular flexibility index (Phi) is 6.36. The monoisotopic (exact) mass is 435 g/mol. The van der Waals surface area contributed by atoms with E-state index in [9.17, 15) is 27.5 Å². The van der Waals surface area contributed by atoms with Gasteiger partial charge in [0.25, 0.3) is 0 Å². The summed E-state index contributed by atoms with van der Waals surface area (Å²) in [5.41, 5.74) is 1.02. The van der Waals surface area contributed by atoms with Crippen LogP contribution in [0.25, 0.3) is 11.1 Å². The molecule has 0 bridgehead atoms. The Balaban J connectivity index is 2.02. The fraction of sp³-hybridized carbons (Fsp3) is 0.136. The molecule has 0 spiro atoms. The van der Waals surface area contributed by atoms with Crippen LogP contribution in [0.15, 0.2) is 65.6 Å². The summed E-state index contributed by atoms with van der Waals surface area (Å²) in [4.78, 5) is 11.8. The summed E-state index contributed by atoms with van der Waals surface area (Å²) in [5.74, 6) is -1.60. The van der Waals surface area contributed by atoms with Gasteiger partial charge in [-0.1, -0.05) is 31.2 Å². The molecule has 0 amide bonds. The molecular formula is C22H17F4NO2S. The molecule has 0 saturated carbocycles. The molecule has 0 aliphatic carbocycles. The van der Waals surface area contributed by atoms with E-state index in [-0.39, 0.29) is 11.3 Å². The molecular weight excluding hydrogens is 418 g/mol. The Bertz CT molecular complexity index is 1080. The average molecular weight is 435 g/mol. The first-order valence-corrected chi connectivity index (χ1v) is 9.77. The summed E-state index contributed by atoms with van der Waals surface area (Å²) in [6, 6.07) is 13.4. The minimum Gasteiger partial charge on any atom is -0.478 e. The molecule has 0 atom stereocenters. The molecule has 0 aliphatic heterocycles. The first kappa shape index (κ1) is 21.7. The molecule has 3 nitrogen and oxygen atoms in total. The van der Waals surface area contributed by atoms with Gasteiger partial charge in [0, 0.05) is 10.5 Å². The van der Waals surface area contributed by atoms with E-state index < -0.39 is 23.5 Å². The average Bonchev–Trinajstić information content (AvgIpc) is 2.71. The van der Waals surface area contributed by atoms with Crippen LogP contribution in [0.5, 0.6) is 0 Å². The van der Waals surface area contributed by atoms with E-state index >= 15 is 0 Å². The third-order valence-corrected chi connectivity index (χ3v) is 5.37. The second-order valence-corrected chi connectivity index (χ2v) is 7.30. The second-order valence-electron chi connectivity index (χ2n) is 6.45. The topological polar surface area (TPSA) is 49.3 Å². The number of carboxylic acids is 1. The number of hydrogen-bond donors (Lipinski definition) is 2. The minimum atomic E-state index is -4.54. The van der Waals surface area contributed by atoms with Crippen LogP contribution in [0.3, 0.4) is 0 Å². The molecule has 3 aromatic rings. The highest BCUT2D eigenvalue weighted by atomic mass is 32.2. The van der Waals surface area contributed by atoms with Crippen LogP contribution < -0.4 is 4.72 Å². The second kappa shape index (κ2) is 8.79. The molecule has 0 heterocycles. The Morgan fingerprint density at radius 2 is 1.83 bits per heavy atom. The van der Waals surface area contributed by atoms with Gasteiger partial charge in [-0.15, -0.1) is 0 Å². The molecule has 0 saturated heterocycles. The van der Waals surface area contributed by atoms with Crippen LogP contribution in [0.1, 0.15) is 28.4 Å². The fourth-order valence-electron chi connectivity index (χ4n) is 2.90. The van der Waals surface area contributed by atoms with Gasteiger partial charge in [0.05, 0.1) is 16.8 Å². The Morgan fingerprint density at radius 1 is 1.07 bits per heavy atom. The SMILES string of the molecule is CCc1ccc(C(=O)O)cc1SNc1cc(C(F)(F)F)ccc1-c1cccc(F)c1. The van der Waals surface area contributed by atoms with Crippen molar-refractivity contribution in [2.24, 2.45) is 0 Å². The molecule has 2 N–H and O–H groups in total. The van der Waals surface area contributed by atoms with Crippen molar-refractivity contribution in [3.8, 4) is 11.1 Å². The number of aryl methyl sites for hydroxylation is 1. The molecule has 0 aromatic heterocycles. The number of halogens is 4. The van der Waals surface area contributed by atoms with Gasteiger partial charge >= 0.3 is 12.1 Å². The smallest absolute Gasteiger partial charge is 0.416 e. The van der Waals surface area contributed by atoms with E-state index in [1.54, 1.807) is 12.1 Å². The maximum Gasteiger partial charge on any atom is 0.416 e. The van der Waals surface area contributed by atoms with Gasteiger partial charge in [-0.05, 0) is 65.9 Å². The summed E-state index contributed by atoms with van der Waals surface area (Å²) < 4.78 is 56.3. The third kappa shape index (κ3) is 4.94. The lowest BCUT2D eigenvalue weighted by Gasteiger charge is -2.16. The zero-order valence-corrected chi connectivity index (χ0v) is 16.6. The number of anilines is 1. The van der Waals surface area contributed by atoms with Gasteiger partial charge in [0.2, 0.25) is 0 Å². The van der Waals surface area contributed by atoms with E-state index in [4.69, 9.17) is 0 Å². The quantitative estimate of drug-likeness (QED) is 0.327. The number of carboxylic acid groups (broad SMARTS) is 1. The van der Waals surface area contributed by atoms with Gasteiger partial charge in [0.1, 0.15) is 5.82 Å². The Hall–Kier alpha value is -3.00. The van der Waals surface area contributed by atoms with E-state index in [1.807, 2.05) is 6.92 Å². The summed E-state index contributed by atoms with van der Waals surface area (Å²) in [6.07, 6.45) is -3.93. The van der Waals surface area contributed by atoms with Crippen molar-refractivity contribution in [1.82, 2.24) is 0 Å². The van der Waals surface area contributed by atoms with Crippen LogP contribution in [-0.4, -0.2) is 11.1 Å². The summed E-state index contributed by atoms with van der Waals surface area (Å²) in [5, 5.41) is 9.21. The third-order valence-electron chi connectivity index (χ3n) is 4.45. The molecule has 0 aliphatic rings. The molecule has 30 heavy (non-hydrogen) atoms. The molecule has 156 valence electrons. The summed E-state index contributed by atoms with van der Waals surface area (Å²) >= 11 is 1.01. The highest BCUT2D eigenvalue weighted by Crippen LogP contribution is 2.38. The van der Waals surface area contributed by atoms with E-state index in [0.717, 1.165) is 29.6 Å². The van der Waals surface area contributed by atoms with Crippen molar-refractivity contribution in [1.29, 1.82) is 0 Å². The summed E-state index contributed by atoms with van der Waals surface area (Å²) in [7, 11) is 0. The number of hydrogen-bond acceptors (Lipinski definition) is 3. The zero-order valence-electron chi connectivity index (χ0n) is 15.8. The van der Waals surface area contributed by atoms with Crippen LogP contribution in [0, 0.1) is 5.82 Å². The van der Waals surface area contributed by atoms with Gasteiger partial charge < -0.3 is 9.83 Å². The molecule has 0 unspecified atom stereocenters. The van der Waals surface area contributed by atoms with Crippen LogP contribution in [0.2, 0.25) is 0 Å². The van der Waals surface area contributed by atoms with Crippen LogP contribution >= 0.6 is 11.9 Å². The van der Waals surface area contributed by atoms with Crippen molar-refractivity contribution in [2.75, 3.05) is 4.72 Å². The van der Waals surface area contributed by atoms with Crippen molar-refractivity contribution < 1.29 is 27.5 Å². The van der Waals surface area contributed by atoms with E-state index in [1.165, 1.54) is 36.4 Å². The first-order chi connectivity index (χ1) is 14.2. The largest absolute Gasteiger partial charge is 0.478 e. The molecule has 8 heteroatoms. The lowest BCUT2D eigenvalue weighted by Crippen LogP contribution is -2.06. The normalized spacial score (nSPS) is 11.4. The van der Waals surface area contributed by atoms with Gasteiger partial charge in [-0.2, -0.15) is 13.2 Å². The lowest BCUT2D eigenvalue weighted by molar-refractivity contribution is -0.137. The predicted molar refractivity (Wildman–Crippen MR) is 109 cm³/mol. The number of nitrogens with one attached hydrogen (secondary N) is 1. The summed E-state index contributed by atoms with van der Waals surface area (Å²) in [6.45, 7) is 1.89. The van der Waals surface area contributed by atoms with Gasteiger partial charge in [0.15, 0.2) is 0 Å². The number of carbonyl (C=O) groups is 1. The number of benzene rings is 3. The Morgan fingerprint density at radius 3 is 2.47 bits per heavy atom. The molecule has 0 radical (unpaired) electrons. The van der Waals surface area contributed by atoms with Gasteiger partial charge in [-0.25, -0.2) is 9.18 Å². The van der Waals surface area contributed by atoms with E-state index in [0.29, 0.717) is 22.4 Å². The van der Waals surface area contributed by atoms with Crippen molar-refractivity contribution in [3.05, 3.63) is 83.2 Å². The van der Waals surface area contributed by atoms with Crippen molar-refractivity contribution >= 4 is 23.6 Å². The van der Waals surface area contributed by atoms with Crippen molar-refractivity contribution in [3.63, 3.8) is 0 Å². The minimum absolute atomic E-state index is 0.0749. The zero-order chi connectivity index (χ0) is 21.9. The maximum absolute atomic E-state index is 13.7. The number of aromatic carboxylic acids is 1.